The van der Waals surface area contributed by atoms with Gasteiger partial charge in [-0.3, -0.25) is 4.98 Å². The van der Waals surface area contributed by atoms with Crippen molar-refractivity contribution < 1.29 is 0 Å². The summed E-state index contributed by atoms with van der Waals surface area (Å²) in [6, 6.07) is 25.9. The minimum atomic E-state index is 0.954. The third-order valence-corrected chi connectivity index (χ3v) is 8.92. The number of hydrogen-bond donors (Lipinski definition) is 1. The van der Waals surface area contributed by atoms with Crippen molar-refractivity contribution in [1.82, 2.24) is 19.5 Å². The van der Waals surface area contributed by atoms with Gasteiger partial charge in [0.25, 0.3) is 0 Å². The van der Waals surface area contributed by atoms with Crippen LogP contribution < -0.4 is 5.73 Å². The molecule has 0 fully saturated rings. The lowest BCUT2D eigenvalue weighted by Crippen LogP contribution is -1.95. The van der Waals surface area contributed by atoms with Crippen molar-refractivity contribution in [2.24, 2.45) is 5.73 Å². The minimum absolute atomic E-state index is 0.954. The number of thiazole rings is 2. The van der Waals surface area contributed by atoms with Gasteiger partial charge in [-0.15, -0.1) is 22.7 Å². The highest BCUT2D eigenvalue weighted by Crippen LogP contribution is 2.37. The first kappa shape index (κ1) is 25.1. The number of para-hydroxylation sites is 1. The molecule has 0 aliphatic carbocycles. The molecule has 7 heteroatoms. The van der Waals surface area contributed by atoms with Crippen LogP contribution in [0.1, 0.15) is 17.5 Å². The predicted octanol–water partition coefficient (Wildman–Crippen LogP) is 8.83. The van der Waals surface area contributed by atoms with Gasteiger partial charge in [0.2, 0.25) is 0 Å². The number of pyridine rings is 1. The molecule has 0 amide bonds. The molecule has 0 atom stereocenters. The van der Waals surface area contributed by atoms with Crippen molar-refractivity contribution in [2.45, 2.75) is 6.92 Å². The van der Waals surface area contributed by atoms with Crippen molar-refractivity contribution in [2.75, 3.05) is 0 Å². The maximum atomic E-state index is 6.17. The summed E-state index contributed by atoms with van der Waals surface area (Å²) in [5, 5.41) is 8.31. The molecule has 0 bridgehead atoms. The molecule has 0 saturated carbocycles. The van der Waals surface area contributed by atoms with E-state index in [1.807, 2.05) is 41.6 Å². The van der Waals surface area contributed by atoms with E-state index in [4.69, 9.17) is 5.73 Å². The summed E-state index contributed by atoms with van der Waals surface area (Å²) in [7, 11) is 0. The van der Waals surface area contributed by atoms with Crippen LogP contribution in [0.3, 0.4) is 0 Å². The molecule has 0 radical (unpaired) electrons. The Morgan fingerprint density at radius 1 is 0.780 bits per heavy atom. The van der Waals surface area contributed by atoms with Gasteiger partial charge in [-0.1, -0.05) is 42.5 Å². The van der Waals surface area contributed by atoms with Crippen molar-refractivity contribution >= 4 is 55.6 Å². The molecule has 4 heterocycles. The van der Waals surface area contributed by atoms with E-state index < -0.39 is 0 Å². The molecule has 4 aromatic heterocycles. The Morgan fingerprint density at radius 2 is 1.54 bits per heavy atom. The molecule has 0 aliphatic heterocycles. The molecule has 7 rings (SSSR count). The molecule has 41 heavy (non-hydrogen) atoms. The summed E-state index contributed by atoms with van der Waals surface area (Å²) in [6.07, 6.45) is 11.2. The smallest absolute Gasteiger partial charge is 0.124 e. The van der Waals surface area contributed by atoms with Crippen molar-refractivity contribution in [3.05, 3.63) is 131 Å². The van der Waals surface area contributed by atoms with Gasteiger partial charge < -0.3 is 10.3 Å². The first-order chi connectivity index (χ1) is 20.2. The zero-order valence-electron chi connectivity index (χ0n) is 22.2. The minimum Gasteiger partial charge on any atom is -0.404 e. The first-order valence-electron chi connectivity index (χ1n) is 13.2. The van der Waals surface area contributed by atoms with Crippen LogP contribution >= 0.6 is 22.7 Å². The summed E-state index contributed by atoms with van der Waals surface area (Å²) >= 11 is 3.24. The molecule has 0 spiro atoms. The van der Waals surface area contributed by atoms with Crippen molar-refractivity contribution in [1.29, 1.82) is 0 Å². The zero-order chi connectivity index (χ0) is 27.8. The second-order valence-corrected chi connectivity index (χ2v) is 11.5. The first-order valence-corrected chi connectivity index (χ1v) is 14.9. The Bertz CT molecular complexity index is 2050. The highest BCUT2D eigenvalue weighted by Gasteiger charge is 2.15. The van der Waals surface area contributed by atoms with Crippen LogP contribution in [-0.4, -0.2) is 19.5 Å². The van der Waals surface area contributed by atoms with Gasteiger partial charge in [0, 0.05) is 69.3 Å². The van der Waals surface area contributed by atoms with E-state index in [2.05, 4.69) is 99.2 Å². The van der Waals surface area contributed by atoms with Gasteiger partial charge in [-0.05, 0) is 65.6 Å². The Morgan fingerprint density at radius 3 is 2.29 bits per heavy atom. The van der Waals surface area contributed by atoms with E-state index in [1.165, 1.54) is 10.8 Å². The number of fused-ring (bicyclic) bond motifs is 3. The average molecular weight is 568 g/mol. The fourth-order valence-electron chi connectivity index (χ4n) is 5.25. The van der Waals surface area contributed by atoms with Crippen LogP contribution in [-0.2, 0) is 0 Å². The van der Waals surface area contributed by atoms with E-state index in [1.54, 1.807) is 28.9 Å². The fourth-order valence-corrected chi connectivity index (χ4v) is 6.49. The van der Waals surface area contributed by atoms with E-state index in [0.29, 0.717) is 0 Å². The quantitative estimate of drug-likeness (QED) is 0.204. The number of nitrogens with zero attached hydrogens (tertiary/aromatic N) is 4. The van der Waals surface area contributed by atoms with E-state index in [-0.39, 0.29) is 0 Å². The third-order valence-electron chi connectivity index (χ3n) is 7.19. The molecule has 2 N–H and O–H groups in total. The van der Waals surface area contributed by atoms with Crippen LogP contribution in [0.25, 0.3) is 60.3 Å². The molecular formula is C34H25N5S2. The molecule has 0 saturated heterocycles. The Hall–Kier alpha value is -4.85. The van der Waals surface area contributed by atoms with Gasteiger partial charge in [0.15, 0.2) is 0 Å². The molecule has 198 valence electrons. The maximum absolute atomic E-state index is 6.17. The third kappa shape index (κ3) is 4.65. The van der Waals surface area contributed by atoms with Crippen molar-refractivity contribution in [3.8, 4) is 27.4 Å². The molecule has 0 unspecified atom stereocenters. The van der Waals surface area contributed by atoms with Crippen LogP contribution in [0, 0.1) is 0 Å². The summed E-state index contributed by atoms with van der Waals surface area (Å²) in [6.45, 7) is 2.07. The highest BCUT2D eigenvalue weighted by molar-refractivity contribution is 7.13. The summed E-state index contributed by atoms with van der Waals surface area (Å²) in [5.74, 6) is 0. The predicted molar refractivity (Wildman–Crippen MR) is 173 cm³/mol. The number of hydrogen-bond acceptors (Lipinski definition) is 6. The Kier molecular flexibility index (Phi) is 6.51. The Labute approximate surface area is 245 Å². The lowest BCUT2D eigenvalue weighted by molar-refractivity contribution is 1.18. The van der Waals surface area contributed by atoms with Crippen LogP contribution in [0.5, 0.6) is 0 Å². The Balaban J connectivity index is 1.41. The number of nitrogens with two attached hydrogens (primary N) is 1. The molecule has 0 aliphatic rings. The summed E-state index contributed by atoms with van der Waals surface area (Å²) in [4.78, 5) is 13.5. The SMILES string of the molecule is C/C(=C\C(=C/N)c1ccc2c3ccc(-c4cncc(-c5nccs5)c4)cc3n(-c3ccccc3)c2c1)c1nccs1. The second-order valence-electron chi connectivity index (χ2n) is 9.72. The lowest BCUT2D eigenvalue weighted by Gasteiger charge is -2.10. The van der Waals surface area contributed by atoms with Crippen LogP contribution in [0.15, 0.2) is 121 Å². The largest absolute Gasteiger partial charge is 0.404 e. The lowest BCUT2D eigenvalue weighted by atomic mass is 10.0. The van der Waals surface area contributed by atoms with Gasteiger partial charge in [0.1, 0.15) is 10.0 Å². The molecule has 5 nitrogen and oxygen atoms in total. The van der Waals surface area contributed by atoms with E-state index >= 15 is 0 Å². The summed E-state index contributed by atoms with van der Waals surface area (Å²) < 4.78 is 2.33. The fraction of sp³-hybridized carbons (Fsp3) is 0.0294. The second kappa shape index (κ2) is 10.6. The molecular weight excluding hydrogens is 543 g/mol. The molecule has 7 aromatic rings. The number of benzene rings is 3. The number of aromatic nitrogens is 4. The number of rotatable bonds is 6. The van der Waals surface area contributed by atoms with E-state index in [9.17, 15) is 0 Å². The average Bonchev–Trinajstić information content (AvgIpc) is 3.81. The van der Waals surface area contributed by atoms with Gasteiger partial charge in [0.05, 0.1) is 11.0 Å². The monoisotopic (exact) mass is 567 g/mol. The zero-order valence-corrected chi connectivity index (χ0v) is 23.9. The van der Waals surface area contributed by atoms with Gasteiger partial charge >= 0.3 is 0 Å². The topological polar surface area (TPSA) is 69.6 Å². The van der Waals surface area contributed by atoms with Gasteiger partial charge in [-0.2, -0.15) is 0 Å². The van der Waals surface area contributed by atoms with Crippen LogP contribution in [0.2, 0.25) is 0 Å². The number of allylic oxidation sites excluding steroid dienone is 3. The maximum Gasteiger partial charge on any atom is 0.124 e. The van der Waals surface area contributed by atoms with Gasteiger partial charge in [-0.25, -0.2) is 9.97 Å². The van der Waals surface area contributed by atoms with Crippen LogP contribution in [0.4, 0.5) is 0 Å². The van der Waals surface area contributed by atoms with Crippen molar-refractivity contribution in [3.63, 3.8) is 0 Å². The normalized spacial score (nSPS) is 12.4. The highest BCUT2D eigenvalue weighted by atomic mass is 32.1. The standard InChI is InChI=1S/C34H25N5S2/c1-22(33-37-11-13-40-33)15-25(19-35)23-7-9-29-30-10-8-24(26-16-27(21-36-20-26)34-38-12-14-41-34)18-32(30)39(31(29)17-23)28-5-3-2-4-6-28/h2-21H,35H2,1H3/b22-15+,25-19+. The molecule has 3 aromatic carbocycles. The van der Waals surface area contributed by atoms with E-state index in [0.717, 1.165) is 60.1 Å². The summed E-state index contributed by atoms with van der Waals surface area (Å²) in [5.41, 5.74) is 15.8.